The van der Waals surface area contributed by atoms with Crippen molar-refractivity contribution in [2.24, 2.45) is 0 Å². The average molecular weight is 293 g/mol. The lowest BCUT2D eigenvalue weighted by atomic mass is 10.1. The summed E-state index contributed by atoms with van der Waals surface area (Å²) in [5.41, 5.74) is -3.60. The Morgan fingerprint density at radius 2 is 2.00 bits per heavy atom. The van der Waals surface area contributed by atoms with Crippen molar-refractivity contribution in [1.29, 1.82) is 0 Å². The number of methoxy groups -OCH3 is 1. The van der Waals surface area contributed by atoms with Crippen LogP contribution in [0.4, 0.5) is 13.2 Å². The van der Waals surface area contributed by atoms with Gasteiger partial charge >= 0.3 is 11.5 Å². The summed E-state index contributed by atoms with van der Waals surface area (Å²) in [5, 5.41) is 2.76. The zero-order valence-electron chi connectivity index (χ0n) is 10.2. The van der Waals surface area contributed by atoms with E-state index in [-0.39, 0.29) is 24.1 Å². The maximum atomic E-state index is 12.0. The minimum Gasteiger partial charge on any atom is -0.468 e. The number of alkyl halides is 3. The van der Waals surface area contributed by atoms with E-state index < -0.39 is 17.5 Å². The molecule has 0 aliphatic rings. The summed E-state index contributed by atoms with van der Waals surface area (Å²) in [4.78, 5) is 11.6. The molecule has 0 saturated carbocycles. The van der Waals surface area contributed by atoms with E-state index in [0.717, 1.165) is 0 Å². The molecular weight excluding hydrogens is 279 g/mol. The molecule has 0 saturated heterocycles. The van der Waals surface area contributed by atoms with Crippen molar-refractivity contribution in [1.82, 2.24) is 5.32 Å². The third-order valence-corrected chi connectivity index (χ3v) is 3.02. The number of esters is 1. The molecule has 3 nitrogen and oxygen atoms in total. The number of thioether (sulfide) groups is 1. The van der Waals surface area contributed by atoms with E-state index >= 15 is 0 Å². The Labute approximate surface area is 113 Å². The van der Waals surface area contributed by atoms with Crippen LogP contribution in [0, 0.1) is 0 Å². The number of halogens is 3. The molecule has 7 heteroatoms. The van der Waals surface area contributed by atoms with Gasteiger partial charge in [0.05, 0.1) is 7.11 Å². The summed E-state index contributed by atoms with van der Waals surface area (Å²) in [5.74, 6) is -0.688. The minimum atomic E-state index is -4.25. The van der Waals surface area contributed by atoms with Crippen LogP contribution in [0.15, 0.2) is 30.3 Å². The summed E-state index contributed by atoms with van der Waals surface area (Å²) in [6, 6.07) is 7.96. The van der Waals surface area contributed by atoms with Crippen molar-refractivity contribution >= 4 is 17.7 Å². The maximum Gasteiger partial charge on any atom is 0.441 e. The van der Waals surface area contributed by atoms with Crippen LogP contribution < -0.4 is 5.32 Å². The molecule has 1 unspecified atom stereocenters. The Hall–Kier alpha value is -1.21. The van der Waals surface area contributed by atoms with Crippen molar-refractivity contribution in [2.45, 2.75) is 11.6 Å². The fourth-order valence-electron chi connectivity index (χ4n) is 1.47. The molecule has 1 atom stereocenters. The summed E-state index contributed by atoms with van der Waals surface area (Å²) >= 11 is -0.125. The standard InChI is InChI=1S/C12H14F3NO2S/c1-18-11(17)10(9-5-3-2-4-6-9)16-7-8-19-12(13,14)15/h2-6,10,16H,7-8H2,1H3. The van der Waals surface area contributed by atoms with Gasteiger partial charge in [-0.05, 0) is 17.3 Å². The van der Waals surface area contributed by atoms with Gasteiger partial charge in [-0.25, -0.2) is 4.79 Å². The Bertz CT molecular complexity index is 398. The van der Waals surface area contributed by atoms with Crippen LogP contribution in [0.5, 0.6) is 0 Å². The largest absolute Gasteiger partial charge is 0.468 e. The predicted octanol–water partition coefficient (Wildman–Crippen LogP) is 2.74. The van der Waals surface area contributed by atoms with Crippen molar-refractivity contribution in [2.75, 3.05) is 19.4 Å². The molecule has 1 rings (SSSR count). The van der Waals surface area contributed by atoms with Gasteiger partial charge in [0.1, 0.15) is 6.04 Å². The highest BCUT2D eigenvalue weighted by atomic mass is 32.2. The first-order valence-electron chi connectivity index (χ1n) is 5.51. The van der Waals surface area contributed by atoms with Gasteiger partial charge in [-0.3, -0.25) is 5.32 Å². The molecule has 0 fully saturated rings. The maximum absolute atomic E-state index is 12.0. The van der Waals surface area contributed by atoms with Crippen LogP contribution >= 0.6 is 11.8 Å². The average Bonchev–Trinajstić information content (AvgIpc) is 2.38. The molecule has 1 aromatic carbocycles. The van der Waals surface area contributed by atoms with E-state index in [1.807, 2.05) is 0 Å². The van der Waals surface area contributed by atoms with E-state index in [4.69, 9.17) is 0 Å². The van der Waals surface area contributed by atoms with Gasteiger partial charge in [0.15, 0.2) is 0 Å². The molecule has 1 N–H and O–H groups in total. The van der Waals surface area contributed by atoms with Crippen LogP contribution in [0.3, 0.4) is 0 Å². The van der Waals surface area contributed by atoms with E-state index in [2.05, 4.69) is 10.1 Å². The highest BCUT2D eigenvalue weighted by molar-refractivity contribution is 8.00. The molecular formula is C12H14F3NO2S. The first-order valence-corrected chi connectivity index (χ1v) is 6.49. The highest BCUT2D eigenvalue weighted by Gasteiger charge is 2.28. The van der Waals surface area contributed by atoms with Gasteiger partial charge in [-0.15, -0.1) is 0 Å². The normalized spacial score (nSPS) is 13.1. The first-order chi connectivity index (χ1) is 8.94. The van der Waals surface area contributed by atoms with Crippen molar-refractivity contribution in [3.05, 3.63) is 35.9 Å². The number of benzene rings is 1. The van der Waals surface area contributed by atoms with E-state index in [1.165, 1.54) is 7.11 Å². The van der Waals surface area contributed by atoms with E-state index in [0.29, 0.717) is 5.56 Å². The third-order valence-electron chi connectivity index (χ3n) is 2.29. The Morgan fingerprint density at radius 1 is 1.37 bits per heavy atom. The fraction of sp³-hybridized carbons (Fsp3) is 0.417. The molecule has 106 valence electrons. The SMILES string of the molecule is COC(=O)C(NCCSC(F)(F)F)c1ccccc1. The summed E-state index contributed by atoms with van der Waals surface area (Å²) in [7, 11) is 1.24. The molecule has 1 aromatic rings. The molecule has 0 aromatic heterocycles. The Morgan fingerprint density at radius 3 is 2.53 bits per heavy atom. The minimum absolute atomic E-state index is 0.0544. The molecule has 0 spiro atoms. The highest BCUT2D eigenvalue weighted by Crippen LogP contribution is 2.29. The molecule has 19 heavy (non-hydrogen) atoms. The lowest BCUT2D eigenvalue weighted by Gasteiger charge is -2.16. The van der Waals surface area contributed by atoms with E-state index in [9.17, 15) is 18.0 Å². The van der Waals surface area contributed by atoms with Gasteiger partial charge < -0.3 is 4.74 Å². The van der Waals surface area contributed by atoms with Gasteiger partial charge in [0.25, 0.3) is 0 Å². The molecule has 0 amide bonds. The number of carbonyl (C=O) groups excluding carboxylic acids is 1. The number of hydrogen-bond donors (Lipinski definition) is 1. The predicted molar refractivity (Wildman–Crippen MR) is 67.7 cm³/mol. The lowest BCUT2D eigenvalue weighted by Crippen LogP contribution is -2.31. The van der Waals surface area contributed by atoms with Crippen LogP contribution in [0.2, 0.25) is 0 Å². The van der Waals surface area contributed by atoms with Crippen LogP contribution in [0.1, 0.15) is 11.6 Å². The monoisotopic (exact) mass is 293 g/mol. The van der Waals surface area contributed by atoms with Crippen molar-refractivity contribution < 1.29 is 22.7 Å². The quantitative estimate of drug-likeness (QED) is 0.646. The van der Waals surface area contributed by atoms with E-state index in [1.54, 1.807) is 30.3 Å². The zero-order valence-corrected chi connectivity index (χ0v) is 11.1. The third kappa shape index (κ3) is 5.98. The molecule has 0 radical (unpaired) electrons. The van der Waals surface area contributed by atoms with Gasteiger partial charge in [0.2, 0.25) is 0 Å². The zero-order chi connectivity index (χ0) is 14.3. The second-order valence-corrected chi connectivity index (χ2v) is 4.78. The second-order valence-electron chi connectivity index (χ2n) is 3.62. The Balaban J connectivity index is 2.55. The fourth-order valence-corrected chi connectivity index (χ4v) is 1.92. The topological polar surface area (TPSA) is 38.3 Å². The number of carbonyl (C=O) groups is 1. The number of ether oxygens (including phenoxy) is 1. The lowest BCUT2D eigenvalue weighted by molar-refractivity contribution is -0.143. The summed E-state index contributed by atoms with van der Waals surface area (Å²) in [6.07, 6.45) is 0. The number of rotatable bonds is 6. The van der Waals surface area contributed by atoms with Crippen LogP contribution in [0.25, 0.3) is 0 Å². The number of nitrogens with one attached hydrogen (secondary N) is 1. The van der Waals surface area contributed by atoms with Crippen molar-refractivity contribution in [3.8, 4) is 0 Å². The van der Waals surface area contributed by atoms with Crippen LogP contribution in [-0.2, 0) is 9.53 Å². The summed E-state index contributed by atoms with van der Waals surface area (Å²) < 4.78 is 40.5. The number of hydrogen-bond acceptors (Lipinski definition) is 4. The molecule has 0 bridgehead atoms. The molecule has 0 aliphatic carbocycles. The summed E-state index contributed by atoms with van der Waals surface area (Å²) in [6.45, 7) is 0.0544. The van der Waals surface area contributed by atoms with Gasteiger partial charge in [-0.2, -0.15) is 13.2 Å². The smallest absolute Gasteiger partial charge is 0.441 e. The molecule has 0 aliphatic heterocycles. The van der Waals surface area contributed by atoms with Crippen molar-refractivity contribution in [3.63, 3.8) is 0 Å². The molecule has 0 heterocycles. The van der Waals surface area contributed by atoms with Crippen LogP contribution in [-0.4, -0.2) is 30.9 Å². The Kier molecular flexibility index (Phi) is 6.17. The van der Waals surface area contributed by atoms with Gasteiger partial charge in [0, 0.05) is 12.3 Å². The second kappa shape index (κ2) is 7.40. The first kappa shape index (κ1) is 15.8. The van der Waals surface area contributed by atoms with Gasteiger partial charge in [-0.1, -0.05) is 30.3 Å².